The topological polar surface area (TPSA) is 67.9 Å². The van der Waals surface area contributed by atoms with Gasteiger partial charge in [-0.2, -0.15) is 0 Å². The molecule has 6 nitrogen and oxygen atoms in total. The number of amides is 2. The molecule has 3 aromatic rings. The van der Waals surface area contributed by atoms with Crippen LogP contribution in [0.4, 0.5) is 5.69 Å². The Morgan fingerprint density at radius 2 is 1.94 bits per heavy atom. The van der Waals surface area contributed by atoms with E-state index in [-0.39, 0.29) is 18.4 Å². The van der Waals surface area contributed by atoms with Crippen molar-refractivity contribution in [3.05, 3.63) is 88.4 Å². The average molecular weight is 437 g/mol. The summed E-state index contributed by atoms with van der Waals surface area (Å²) in [6, 6.07) is 19.7. The van der Waals surface area contributed by atoms with Gasteiger partial charge in [0.1, 0.15) is 11.5 Å². The van der Waals surface area contributed by atoms with Gasteiger partial charge in [0, 0.05) is 34.9 Å². The number of halogens is 1. The summed E-state index contributed by atoms with van der Waals surface area (Å²) in [5.41, 5.74) is 2.91. The Morgan fingerprint density at radius 1 is 1.13 bits per heavy atom. The van der Waals surface area contributed by atoms with Gasteiger partial charge in [-0.3, -0.25) is 9.59 Å². The minimum Gasteiger partial charge on any atom is -0.497 e. The van der Waals surface area contributed by atoms with Gasteiger partial charge in [0.25, 0.3) is 11.8 Å². The van der Waals surface area contributed by atoms with Crippen LogP contribution in [0.1, 0.15) is 21.5 Å². The van der Waals surface area contributed by atoms with Crippen LogP contribution < -0.4 is 14.8 Å². The molecule has 0 saturated heterocycles. The molecular weight excluding hydrogens is 416 g/mol. The molecule has 0 radical (unpaired) electrons. The summed E-state index contributed by atoms with van der Waals surface area (Å²) in [7, 11) is 1.56. The number of benzene rings is 3. The van der Waals surface area contributed by atoms with Crippen molar-refractivity contribution in [1.29, 1.82) is 0 Å². The molecule has 4 rings (SSSR count). The Labute approximate surface area is 185 Å². The van der Waals surface area contributed by atoms with Gasteiger partial charge in [0.15, 0.2) is 6.61 Å². The Hall–Kier alpha value is -3.51. The first-order valence-electron chi connectivity index (χ1n) is 9.75. The zero-order chi connectivity index (χ0) is 21.8. The molecule has 0 bridgehead atoms. The minimum absolute atomic E-state index is 0.0316. The van der Waals surface area contributed by atoms with Crippen molar-refractivity contribution in [1.82, 2.24) is 4.90 Å². The first-order valence-corrected chi connectivity index (χ1v) is 10.1. The lowest BCUT2D eigenvalue weighted by molar-refractivity contribution is -0.133. The number of fused-ring (bicyclic) bond motifs is 1. The molecule has 7 heteroatoms. The molecule has 1 heterocycles. The second kappa shape index (κ2) is 9.10. The van der Waals surface area contributed by atoms with E-state index in [1.807, 2.05) is 18.2 Å². The van der Waals surface area contributed by atoms with Crippen LogP contribution in [0.15, 0.2) is 66.7 Å². The van der Waals surface area contributed by atoms with Crippen LogP contribution in [0.25, 0.3) is 0 Å². The first kappa shape index (κ1) is 20.8. The highest BCUT2D eigenvalue weighted by atomic mass is 35.5. The van der Waals surface area contributed by atoms with Gasteiger partial charge in [-0.15, -0.1) is 0 Å². The molecule has 0 aromatic heterocycles. The molecule has 3 aromatic carbocycles. The standard InChI is InChI=1S/C24H21ClN2O4/c1-30-21-4-2-3-17(12-21)24(29)26-20-9-10-22-18(11-20)14-27(23(28)15-31-22)13-16-5-7-19(25)8-6-16/h2-12H,13-15H2,1H3,(H,26,29). The van der Waals surface area contributed by atoms with E-state index in [2.05, 4.69) is 5.32 Å². The number of nitrogens with zero attached hydrogens (tertiary/aromatic N) is 1. The number of hydrogen-bond acceptors (Lipinski definition) is 4. The summed E-state index contributed by atoms with van der Waals surface area (Å²) in [5, 5.41) is 3.54. The van der Waals surface area contributed by atoms with Crippen molar-refractivity contribution in [3.63, 3.8) is 0 Å². The number of ether oxygens (including phenoxy) is 2. The summed E-state index contributed by atoms with van der Waals surface area (Å²) < 4.78 is 10.9. The van der Waals surface area contributed by atoms with Gasteiger partial charge < -0.3 is 19.7 Å². The number of rotatable bonds is 5. The van der Waals surface area contributed by atoms with Crippen LogP contribution in [-0.2, 0) is 17.9 Å². The summed E-state index contributed by atoms with van der Waals surface area (Å²) >= 11 is 5.95. The molecule has 0 spiro atoms. The molecule has 0 atom stereocenters. The molecule has 0 unspecified atom stereocenters. The predicted octanol–water partition coefficient (Wildman–Crippen LogP) is 4.52. The largest absolute Gasteiger partial charge is 0.497 e. The molecule has 158 valence electrons. The lowest BCUT2D eigenvalue weighted by Crippen LogP contribution is -2.31. The maximum absolute atomic E-state index is 12.6. The van der Waals surface area contributed by atoms with E-state index in [1.165, 1.54) is 0 Å². The lowest BCUT2D eigenvalue weighted by atomic mass is 10.1. The summed E-state index contributed by atoms with van der Waals surface area (Å²) in [6.07, 6.45) is 0. The molecule has 1 aliphatic heterocycles. The third kappa shape index (κ3) is 4.98. The van der Waals surface area contributed by atoms with Gasteiger partial charge in [0.2, 0.25) is 0 Å². The van der Waals surface area contributed by atoms with Gasteiger partial charge >= 0.3 is 0 Å². The molecular formula is C24H21ClN2O4. The van der Waals surface area contributed by atoms with E-state index in [9.17, 15) is 9.59 Å². The monoisotopic (exact) mass is 436 g/mol. The molecule has 0 saturated carbocycles. The fraction of sp³-hybridized carbons (Fsp3) is 0.167. The van der Waals surface area contributed by atoms with Gasteiger partial charge in [-0.05, 0) is 54.1 Å². The average Bonchev–Trinajstić information content (AvgIpc) is 2.94. The highest BCUT2D eigenvalue weighted by Crippen LogP contribution is 2.28. The number of methoxy groups -OCH3 is 1. The van der Waals surface area contributed by atoms with E-state index in [0.29, 0.717) is 40.9 Å². The molecule has 0 fully saturated rings. The smallest absolute Gasteiger partial charge is 0.261 e. The van der Waals surface area contributed by atoms with E-state index in [0.717, 1.165) is 11.1 Å². The van der Waals surface area contributed by atoms with E-state index in [4.69, 9.17) is 21.1 Å². The van der Waals surface area contributed by atoms with Crippen LogP contribution in [0.2, 0.25) is 5.02 Å². The normalized spacial score (nSPS) is 13.1. The summed E-state index contributed by atoms with van der Waals surface area (Å²) in [4.78, 5) is 26.9. The number of nitrogens with one attached hydrogen (secondary N) is 1. The predicted molar refractivity (Wildman–Crippen MR) is 119 cm³/mol. The lowest BCUT2D eigenvalue weighted by Gasteiger charge is -2.20. The highest BCUT2D eigenvalue weighted by Gasteiger charge is 2.22. The first-order chi connectivity index (χ1) is 15.0. The SMILES string of the molecule is COc1cccc(C(=O)Nc2ccc3c(c2)CN(Cc2ccc(Cl)cc2)C(=O)CO3)c1. The third-order valence-electron chi connectivity index (χ3n) is 5.00. The number of anilines is 1. The molecule has 2 amide bonds. The Balaban J connectivity index is 1.52. The van der Waals surface area contributed by atoms with Crippen LogP contribution in [-0.4, -0.2) is 30.4 Å². The number of hydrogen-bond donors (Lipinski definition) is 1. The van der Waals surface area contributed by atoms with E-state index >= 15 is 0 Å². The van der Waals surface area contributed by atoms with Crippen molar-refractivity contribution >= 4 is 29.1 Å². The van der Waals surface area contributed by atoms with Crippen LogP contribution in [0, 0.1) is 0 Å². The van der Waals surface area contributed by atoms with E-state index in [1.54, 1.807) is 60.5 Å². The molecule has 1 aliphatic rings. The summed E-state index contributed by atoms with van der Waals surface area (Å²) in [6.45, 7) is 0.787. The maximum Gasteiger partial charge on any atom is 0.261 e. The van der Waals surface area contributed by atoms with Crippen molar-refractivity contribution in [2.75, 3.05) is 19.0 Å². The zero-order valence-corrected chi connectivity index (χ0v) is 17.7. The van der Waals surface area contributed by atoms with Gasteiger partial charge in [-0.25, -0.2) is 0 Å². The van der Waals surface area contributed by atoms with Crippen LogP contribution in [0.3, 0.4) is 0 Å². The van der Waals surface area contributed by atoms with Crippen molar-refractivity contribution < 1.29 is 19.1 Å². The molecule has 31 heavy (non-hydrogen) atoms. The third-order valence-corrected chi connectivity index (χ3v) is 5.25. The van der Waals surface area contributed by atoms with Crippen molar-refractivity contribution in [2.24, 2.45) is 0 Å². The molecule has 1 N–H and O–H groups in total. The Morgan fingerprint density at radius 3 is 2.71 bits per heavy atom. The van der Waals surface area contributed by atoms with Gasteiger partial charge in [0.05, 0.1) is 7.11 Å². The second-order valence-corrected chi connectivity index (χ2v) is 7.61. The Kier molecular flexibility index (Phi) is 6.09. The zero-order valence-electron chi connectivity index (χ0n) is 16.9. The highest BCUT2D eigenvalue weighted by molar-refractivity contribution is 6.30. The van der Waals surface area contributed by atoms with Crippen LogP contribution >= 0.6 is 11.6 Å². The minimum atomic E-state index is -0.248. The van der Waals surface area contributed by atoms with Crippen molar-refractivity contribution in [3.8, 4) is 11.5 Å². The van der Waals surface area contributed by atoms with Crippen LogP contribution in [0.5, 0.6) is 11.5 Å². The van der Waals surface area contributed by atoms with Crippen molar-refractivity contribution in [2.45, 2.75) is 13.1 Å². The fourth-order valence-corrected chi connectivity index (χ4v) is 3.49. The Bertz CT molecular complexity index is 1110. The second-order valence-electron chi connectivity index (χ2n) is 7.17. The number of carbonyl (C=O) groups is 2. The van der Waals surface area contributed by atoms with E-state index < -0.39 is 0 Å². The maximum atomic E-state index is 12.6. The van der Waals surface area contributed by atoms with Gasteiger partial charge in [-0.1, -0.05) is 29.8 Å². The fourth-order valence-electron chi connectivity index (χ4n) is 3.37. The summed E-state index contributed by atoms with van der Waals surface area (Å²) in [5.74, 6) is 0.890. The number of carbonyl (C=O) groups excluding carboxylic acids is 2. The quantitative estimate of drug-likeness (QED) is 0.638. The molecule has 0 aliphatic carbocycles.